The summed E-state index contributed by atoms with van der Waals surface area (Å²) in [7, 11) is 0. The third kappa shape index (κ3) is 4.21. The van der Waals surface area contributed by atoms with Crippen molar-refractivity contribution in [3.8, 4) is 0 Å². The predicted molar refractivity (Wildman–Crippen MR) is 82.1 cm³/mol. The average Bonchev–Trinajstić information content (AvgIpc) is 2.40. The van der Waals surface area contributed by atoms with E-state index in [1.807, 2.05) is 0 Å². The molecule has 7 heteroatoms. The van der Waals surface area contributed by atoms with Crippen molar-refractivity contribution in [1.29, 1.82) is 0 Å². The molecule has 3 N–H and O–H groups in total. The Kier molecular flexibility index (Phi) is 4.97. The van der Waals surface area contributed by atoms with Crippen molar-refractivity contribution in [3.05, 3.63) is 46.8 Å². The van der Waals surface area contributed by atoms with E-state index in [2.05, 4.69) is 26.2 Å². The molecule has 0 saturated heterocycles. The highest BCUT2D eigenvalue weighted by Gasteiger charge is 2.07. The maximum atomic E-state index is 12.9. The molecule has 0 fully saturated rings. The fourth-order valence-corrected chi connectivity index (χ4v) is 2.41. The molecule has 0 unspecified atom stereocenters. The number of anilines is 2. The van der Waals surface area contributed by atoms with Crippen LogP contribution in [-0.4, -0.2) is 16.6 Å². The summed E-state index contributed by atoms with van der Waals surface area (Å²) in [5.41, 5.74) is 5.99. The highest BCUT2D eigenvalue weighted by Crippen LogP contribution is 2.25. The standard InChI is InChI=1S/C13H11BrFN3OS/c14-8-1-4-12(17-6-8)18-13(19)7-20-11-3-2-9(15)5-10(11)16/h1-6H,7,16H2,(H,17,18,19). The van der Waals surface area contributed by atoms with Crippen molar-refractivity contribution in [3.63, 3.8) is 0 Å². The summed E-state index contributed by atoms with van der Waals surface area (Å²) in [6.07, 6.45) is 1.60. The Morgan fingerprint density at radius 1 is 1.40 bits per heavy atom. The minimum Gasteiger partial charge on any atom is -0.398 e. The number of carbonyl (C=O) groups is 1. The number of nitrogens with zero attached hydrogens (tertiary/aromatic N) is 1. The van der Waals surface area contributed by atoms with Crippen LogP contribution in [0, 0.1) is 5.82 Å². The molecule has 0 aliphatic rings. The second-order valence-corrected chi connectivity index (χ2v) is 5.81. The molecule has 1 amide bonds. The number of aromatic nitrogens is 1. The van der Waals surface area contributed by atoms with Gasteiger partial charge in [-0.1, -0.05) is 0 Å². The molecule has 20 heavy (non-hydrogen) atoms. The summed E-state index contributed by atoms with van der Waals surface area (Å²) in [4.78, 5) is 16.5. The van der Waals surface area contributed by atoms with Gasteiger partial charge < -0.3 is 11.1 Å². The van der Waals surface area contributed by atoms with Gasteiger partial charge in [-0.3, -0.25) is 4.79 Å². The maximum absolute atomic E-state index is 12.9. The zero-order valence-electron chi connectivity index (χ0n) is 10.3. The van der Waals surface area contributed by atoms with Crippen molar-refractivity contribution in [2.24, 2.45) is 0 Å². The Morgan fingerprint density at radius 2 is 2.20 bits per heavy atom. The van der Waals surface area contributed by atoms with Crippen molar-refractivity contribution >= 4 is 45.1 Å². The van der Waals surface area contributed by atoms with Gasteiger partial charge in [-0.25, -0.2) is 9.37 Å². The van der Waals surface area contributed by atoms with Crippen LogP contribution in [0.1, 0.15) is 0 Å². The molecule has 2 rings (SSSR count). The van der Waals surface area contributed by atoms with Crippen LogP contribution in [0.15, 0.2) is 45.9 Å². The Morgan fingerprint density at radius 3 is 2.85 bits per heavy atom. The number of thioether (sulfide) groups is 1. The van der Waals surface area contributed by atoms with E-state index in [1.165, 1.54) is 23.9 Å². The van der Waals surface area contributed by atoms with Gasteiger partial charge >= 0.3 is 0 Å². The molecule has 4 nitrogen and oxygen atoms in total. The predicted octanol–water partition coefficient (Wildman–Crippen LogP) is 3.30. The van der Waals surface area contributed by atoms with Gasteiger partial charge in [0, 0.05) is 21.3 Å². The Hall–Kier alpha value is -1.60. The van der Waals surface area contributed by atoms with Gasteiger partial charge in [0.05, 0.1) is 5.75 Å². The lowest BCUT2D eigenvalue weighted by molar-refractivity contribution is -0.113. The summed E-state index contributed by atoms with van der Waals surface area (Å²) < 4.78 is 13.7. The van der Waals surface area contributed by atoms with Crippen LogP contribution in [0.25, 0.3) is 0 Å². The first-order valence-electron chi connectivity index (χ1n) is 5.64. The smallest absolute Gasteiger partial charge is 0.235 e. The first-order chi connectivity index (χ1) is 9.54. The second-order valence-electron chi connectivity index (χ2n) is 3.88. The van der Waals surface area contributed by atoms with Crippen molar-refractivity contribution in [1.82, 2.24) is 4.98 Å². The van der Waals surface area contributed by atoms with E-state index in [0.29, 0.717) is 16.4 Å². The molecule has 1 heterocycles. The van der Waals surface area contributed by atoms with Gasteiger partial charge in [0.25, 0.3) is 0 Å². The topological polar surface area (TPSA) is 68.0 Å². The van der Waals surface area contributed by atoms with E-state index in [0.717, 1.165) is 4.47 Å². The molecule has 0 spiro atoms. The monoisotopic (exact) mass is 355 g/mol. The summed E-state index contributed by atoms with van der Waals surface area (Å²) >= 11 is 4.51. The van der Waals surface area contributed by atoms with Gasteiger partial charge in [-0.15, -0.1) is 11.8 Å². The average molecular weight is 356 g/mol. The van der Waals surface area contributed by atoms with Crippen molar-refractivity contribution in [2.45, 2.75) is 4.90 Å². The van der Waals surface area contributed by atoms with Gasteiger partial charge in [0.1, 0.15) is 11.6 Å². The first-order valence-corrected chi connectivity index (χ1v) is 7.41. The van der Waals surface area contributed by atoms with Gasteiger partial charge in [0.15, 0.2) is 0 Å². The number of nitrogens with two attached hydrogens (primary N) is 1. The number of rotatable bonds is 4. The van der Waals surface area contributed by atoms with Crippen LogP contribution in [0.5, 0.6) is 0 Å². The lowest BCUT2D eigenvalue weighted by atomic mass is 10.3. The number of pyridine rings is 1. The number of hydrogen-bond acceptors (Lipinski definition) is 4. The Labute approximate surface area is 128 Å². The van der Waals surface area contributed by atoms with Crippen LogP contribution in [0.2, 0.25) is 0 Å². The molecular formula is C13H11BrFN3OS. The molecule has 0 saturated carbocycles. The summed E-state index contributed by atoms with van der Waals surface area (Å²) in [6.45, 7) is 0. The maximum Gasteiger partial charge on any atom is 0.235 e. The molecule has 1 aromatic carbocycles. The molecule has 1 aromatic heterocycles. The molecule has 2 aromatic rings. The van der Waals surface area contributed by atoms with E-state index in [4.69, 9.17) is 5.73 Å². The Bertz CT molecular complexity index is 622. The minimum atomic E-state index is -0.393. The largest absolute Gasteiger partial charge is 0.398 e. The molecule has 0 radical (unpaired) electrons. The van der Waals surface area contributed by atoms with Gasteiger partial charge in [-0.2, -0.15) is 0 Å². The normalized spacial score (nSPS) is 10.3. The molecule has 0 aliphatic heterocycles. The van der Waals surface area contributed by atoms with E-state index < -0.39 is 5.82 Å². The number of carbonyl (C=O) groups excluding carboxylic acids is 1. The van der Waals surface area contributed by atoms with Crippen LogP contribution in [0.4, 0.5) is 15.9 Å². The van der Waals surface area contributed by atoms with Crippen molar-refractivity contribution < 1.29 is 9.18 Å². The number of nitrogens with one attached hydrogen (secondary N) is 1. The molecule has 0 bridgehead atoms. The van der Waals surface area contributed by atoms with Crippen LogP contribution in [-0.2, 0) is 4.79 Å². The van der Waals surface area contributed by atoms with E-state index in [9.17, 15) is 9.18 Å². The van der Waals surface area contributed by atoms with Crippen molar-refractivity contribution in [2.75, 3.05) is 16.8 Å². The zero-order chi connectivity index (χ0) is 14.5. The lowest BCUT2D eigenvalue weighted by Gasteiger charge is -2.06. The van der Waals surface area contributed by atoms with Gasteiger partial charge in [-0.05, 0) is 46.3 Å². The number of hydrogen-bond donors (Lipinski definition) is 2. The summed E-state index contributed by atoms with van der Waals surface area (Å²) in [5, 5.41) is 2.66. The summed E-state index contributed by atoms with van der Waals surface area (Å²) in [6, 6.07) is 7.58. The lowest BCUT2D eigenvalue weighted by Crippen LogP contribution is -2.15. The molecule has 0 aliphatic carbocycles. The summed E-state index contributed by atoms with van der Waals surface area (Å²) in [5.74, 6) is 0.0582. The second kappa shape index (κ2) is 6.71. The van der Waals surface area contributed by atoms with E-state index in [1.54, 1.807) is 24.4 Å². The van der Waals surface area contributed by atoms with E-state index in [-0.39, 0.29) is 11.7 Å². The fraction of sp³-hybridized carbons (Fsp3) is 0.0769. The van der Waals surface area contributed by atoms with E-state index >= 15 is 0 Å². The SMILES string of the molecule is Nc1cc(F)ccc1SCC(=O)Nc1ccc(Br)cn1. The highest BCUT2D eigenvalue weighted by atomic mass is 79.9. The quantitative estimate of drug-likeness (QED) is 0.652. The molecule has 0 atom stereocenters. The fourth-order valence-electron chi connectivity index (χ4n) is 1.42. The minimum absolute atomic E-state index is 0.174. The zero-order valence-corrected chi connectivity index (χ0v) is 12.7. The van der Waals surface area contributed by atoms with Crippen LogP contribution in [0.3, 0.4) is 0 Å². The number of halogens is 2. The van der Waals surface area contributed by atoms with Gasteiger partial charge in [0.2, 0.25) is 5.91 Å². The highest BCUT2D eigenvalue weighted by molar-refractivity contribution is 9.10. The number of nitrogen functional groups attached to an aromatic ring is 1. The Balaban J connectivity index is 1.90. The van der Waals surface area contributed by atoms with Crippen LogP contribution < -0.4 is 11.1 Å². The van der Waals surface area contributed by atoms with Crippen LogP contribution >= 0.6 is 27.7 Å². The third-order valence-corrected chi connectivity index (χ3v) is 3.88. The number of amides is 1. The third-order valence-electron chi connectivity index (χ3n) is 2.33. The molecular weight excluding hydrogens is 345 g/mol. The number of benzene rings is 1. The molecule has 104 valence electrons. The first kappa shape index (κ1) is 14.8.